The zero-order chi connectivity index (χ0) is 7.41. The van der Waals surface area contributed by atoms with E-state index >= 15 is 0 Å². The first-order valence-electron chi connectivity index (χ1n) is 4.39. The van der Waals surface area contributed by atoms with Crippen molar-refractivity contribution >= 4 is 23.1 Å². The number of hydrogen-bond acceptors (Lipinski definition) is 0. The maximum atomic E-state index is 2.59. The summed E-state index contributed by atoms with van der Waals surface area (Å²) >= 11 is 0. The molecule has 2 fully saturated rings. The SMILES string of the molecule is CC1(C)[CH-][C@]2(C)CC[C@H]1C2.[Cl-].[Mg+2]. The van der Waals surface area contributed by atoms with Crippen molar-refractivity contribution in [2.45, 2.75) is 40.0 Å². The Balaban J connectivity index is 0.000000605. The monoisotopic (exact) mass is 196 g/mol. The minimum absolute atomic E-state index is 0. The van der Waals surface area contributed by atoms with Gasteiger partial charge in [0.25, 0.3) is 0 Å². The molecule has 2 atom stereocenters. The second kappa shape index (κ2) is 3.66. The van der Waals surface area contributed by atoms with E-state index in [4.69, 9.17) is 0 Å². The van der Waals surface area contributed by atoms with Crippen LogP contribution in [-0.4, -0.2) is 23.1 Å². The van der Waals surface area contributed by atoms with E-state index in [2.05, 4.69) is 27.2 Å². The molecule has 2 bridgehead atoms. The first kappa shape index (κ1) is 13.1. The first-order chi connectivity index (χ1) is 4.52. The predicted octanol–water partition coefficient (Wildman–Crippen LogP) is -0.340. The van der Waals surface area contributed by atoms with Crippen molar-refractivity contribution in [3.63, 3.8) is 0 Å². The summed E-state index contributed by atoms with van der Waals surface area (Å²) in [5, 5.41) is 0. The molecular formula is C10H17ClMg. The van der Waals surface area contributed by atoms with Crippen molar-refractivity contribution in [3.05, 3.63) is 6.42 Å². The molecule has 66 valence electrons. The van der Waals surface area contributed by atoms with Crippen LogP contribution in [0.15, 0.2) is 0 Å². The molecule has 0 radical (unpaired) electrons. The molecule has 0 unspecified atom stereocenters. The molecule has 0 aromatic carbocycles. The normalized spacial score (nSPS) is 41.8. The Morgan fingerprint density at radius 2 is 1.83 bits per heavy atom. The summed E-state index contributed by atoms with van der Waals surface area (Å²) in [7, 11) is 0. The third-order valence-electron chi connectivity index (χ3n) is 3.55. The molecule has 0 N–H and O–H groups in total. The smallest absolute Gasteiger partial charge is 1.00 e. The summed E-state index contributed by atoms with van der Waals surface area (Å²) in [6.45, 7) is 7.20. The van der Waals surface area contributed by atoms with Crippen LogP contribution >= 0.6 is 0 Å². The molecule has 2 saturated carbocycles. The van der Waals surface area contributed by atoms with Crippen LogP contribution < -0.4 is 12.4 Å². The summed E-state index contributed by atoms with van der Waals surface area (Å²) in [6, 6.07) is 0. The van der Waals surface area contributed by atoms with E-state index in [9.17, 15) is 0 Å². The largest absolute Gasteiger partial charge is 2.00 e. The molecule has 0 spiro atoms. The van der Waals surface area contributed by atoms with Gasteiger partial charge in [-0.2, -0.15) is 10.8 Å². The zero-order valence-corrected chi connectivity index (χ0v) is 10.5. The van der Waals surface area contributed by atoms with E-state index < -0.39 is 0 Å². The molecule has 2 aliphatic carbocycles. The molecule has 0 nitrogen and oxygen atoms in total. The fourth-order valence-corrected chi connectivity index (χ4v) is 3.05. The number of halogens is 1. The van der Waals surface area contributed by atoms with Gasteiger partial charge >= 0.3 is 23.1 Å². The van der Waals surface area contributed by atoms with Gasteiger partial charge in [-0.1, -0.05) is 46.0 Å². The Bertz CT molecular complexity index is 164. The van der Waals surface area contributed by atoms with E-state index in [-0.39, 0.29) is 35.5 Å². The summed E-state index contributed by atoms with van der Waals surface area (Å²) in [4.78, 5) is 0. The maximum absolute atomic E-state index is 2.59. The average Bonchev–Trinajstić information content (AvgIpc) is 2.16. The minimum Gasteiger partial charge on any atom is -1.00 e. The third kappa shape index (κ3) is 1.93. The Labute approximate surface area is 98.4 Å². The van der Waals surface area contributed by atoms with Gasteiger partial charge in [0.15, 0.2) is 0 Å². The second-order valence-electron chi connectivity index (χ2n) is 5.06. The average molecular weight is 197 g/mol. The van der Waals surface area contributed by atoms with Gasteiger partial charge in [0.2, 0.25) is 0 Å². The van der Waals surface area contributed by atoms with E-state index in [1.807, 2.05) is 0 Å². The Morgan fingerprint density at radius 3 is 2.00 bits per heavy atom. The fraction of sp³-hybridized carbons (Fsp3) is 0.900. The molecule has 2 heteroatoms. The zero-order valence-electron chi connectivity index (χ0n) is 8.36. The van der Waals surface area contributed by atoms with Gasteiger partial charge in [0, 0.05) is 0 Å². The molecule has 2 rings (SSSR count). The molecular weight excluding hydrogens is 180 g/mol. The van der Waals surface area contributed by atoms with Gasteiger partial charge in [0.1, 0.15) is 0 Å². The van der Waals surface area contributed by atoms with Gasteiger partial charge < -0.3 is 18.8 Å². The summed E-state index contributed by atoms with van der Waals surface area (Å²) < 4.78 is 0. The van der Waals surface area contributed by atoms with Crippen molar-refractivity contribution in [1.29, 1.82) is 0 Å². The summed E-state index contributed by atoms with van der Waals surface area (Å²) in [5.41, 5.74) is 1.17. The van der Waals surface area contributed by atoms with E-state index in [1.54, 1.807) is 0 Å². The molecule has 0 saturated heterocycles. The maximum Gasteiger partial charge on any atom is 2.00 e. The minimum atomic E-state index is 0. The second-order valence-corrected chi connectivity index (χ2v) is 5.06. The van der Waals surface area contributed by atoms with Crippen LogP contribution in [0.5, 0.6) is 0 Å². The van der Waals surface area contributed by atoms with E-state index in [0.717, 1.165) is 5.92 Å². The van der Waals surface area contributed by atoms with Crippen LogP contribution in [0.1, 0.15) is 40.0 Å². The van der Waals surface area contributed by atoms with Crippen LogP contribution in [0, 0.1) is 23.2 Å². The Hall–Kier alpha value is 1.06. The number of hydrogen-bond donors (Lipinski definition) is 0. The van der Waals surface area contributed by atoms with Crippen LogP contribution in [0.4, 0.5) is 0 Å². The van der Waals surface area contributed by atoms with E-state index in [1.165, 1.54) is 19.3 Å². The number of rotatable bonds is 0. The molecule has 0 aromatic rings. The van der Waals surface area contributed by atoms with Crippen molar-refractivity contribution in [3.8, 4) is 0 Å². The molecule has 0 aliphatic heterocycles. The summed E-state index contributed by atoms with van der Waals surface area (Å²) in [6.07, 6.45) is 6.97. The third-order valence-corrected chi connectivity index (χ3v) is 3.55. The van der Waals surface area contributed by atoms with Gasteiger partial charge in [-0.3, -0.25) is 0 Å². The molecule has 0 amide bonds. The predicted molar refractivity (Wildman–Crippen MR) is 49.3 cm³/mol. The van der Waals surface area contributed by atoms with Gasteiger partial charge in [-0.25, -0.2) is 0 Å². The Kier molecular flexibility index (Phi) is 3.99. The van der Waals surface area contributed by atoms with Crippen LogP contribution in [0.3, 0.4) is 0 Å². The Morgan fingerprint density at radius 1 is 1.25 bits per heavy atom. The van der Waals surface area contributed by atoms with Crippen molar-refractivity contribution in [2.24, 2.45) is 16.7 Å². The van der Waals surface area contributed by atoms with Gasteiger partial charge in [-0.05, 0) is 0 Å². The van der Waals surface area contributed by atoms with Crippen LogP contribution in [-0.2, 0) is 0 Å². The van der Waals surface area contributed by atoms with Crippen molar-refractivity contribution in [1.82, 2.24) is 0 Å². The molecule has 2 aliphatic rings. The quantitative estimate of drug-likeness (QED) is 0.368. The van der Waals surface area contributed by atoms with E-state index in [0.29, 0.717) is 10.8 Å². The van der Waals surface area contributed by atoms with Gasteiger partial charge in [-0.15, -0.1) is 0 Å². The van der Waals surface area contributed by atoms with Crippen molar-refractivity contribution in [2.75, 3.05) is 0 Å². The number of fused-ring (bicyclic) bond motifs is 2. The first-order valence-corrected chi connectivity index (χ1v) is 4.39. The fourth-order valence-electron chi connectivity index (χ4n) is 3.05. The topological polar surface area (TPSA) is 0 Å². The standard InChI is InChI=1S/C10H17.ClH.Mg/c1-9(2)7-10(3)5-4-8(9)6-10;;/h7-8H,4-6H2,1-3H3;1H;/q-1;;+2/p-1/t8-,10+;;/m0../s1. The van der Waals surface area contributed by atoms with Crippen LogP contribution in [0.25, 0.3) is 0 Å². The molecule has 0 aromatic heterocycles. The summed E-state index contributed by atoms with van der Waals surface area (Å²) in [5.74, 6) is 0.998. The van der Waals surface area contributed by atoms with Crippen LogP contribution in [0.2, 0.25) is 0 Å². The van der Waals surface area contributed by atoms with Gasteiger partial charge in [0.05, 0.1) is 0 Å². The molecule has 12 heavy (non-hydrogen) atoms. The molecule has 0 heterocycles. The van der Waals surface area contributed by atoms with Crippen molar-refractivity contribution < 1.29 is 12.4 Å².